The van der Waals surface area contributed by atoms with E-state index >= 15 is 0 Å². The number of hydrogen-bond donors (Lipinski definition) is 2. The molecule has 0 saturated carbocycles. The number of hydrazone groups is 1. The molecule has 2 N–H and O–H groups in total. The Balaban J connectivity index is 2.28. The van der Waals surface area contributed by atoms with Crippen LogP contribution < -0.4 is 21.2 Å². The molecule has 1 heterocycles. The summed E-state index contributed by atoms with van der Waals surface area (Å²) in [6, 6.07) is 8.99. The average Bonchev–Trinajstić information content (AvgIpc) is 2.56. The van der Waals surface area contributed by atoms with E-state index in [2.05, 4.69) is 10.1 Å². The van der Waals surface area contributed by atoms with Gasteiger partial charge in [-0.15, -0.1) is 0 Å². The molecule has 0 amide bonds. The minimum Gasteiger partial charge on any atom is -0.394 e. The van der Waals surface area contributed by atoms with Crippen LogP contribution in [0.4, 0.5) is 11.5 Å². The molecule has 2 rings (SSSR count). The van der Waals surface area contributed by atoms with E-state index in [0.717, 1.165) is 15.8 Å². The zero-order chi connectivity index (χ0) is 17.7. The van der Waals surface area contributed by atoms with Gasteiger partial charge in [-0.1, -0.05) is 12.1 Å². The average molecular weight is 331 g/mol. The molecule has 0 spiro atoms. The van der Waals surface area contributed by atoms with Gasteiger partial charge in [0.2, 0.25) is 0 Å². The molecule has 0 unspecified atom stereocenters. The summed E-state index contributed by atoms with van der Waals surface area (Å²) in [5, 5.41) is 14.8. The van der Waals surface area contributed by atoms with Crippen molar-refractivity contribution in [3.63, 3.8) is 0 Å². The van der Waals surface area contributed by atoms with Crippen molar-refractivity contribution in [3.05, 3.63) is 56.7 Å². The highest BCUT2D eigenvalue weighted by Crippen LogP contribution is 2.12. The molecule has 0 saturated heterocycles. The number of nitrogens with one attached hydrogen (secondary N) is 1. The number of nitrogens with zero attached hydrogens (tertiary/aromatic N) is 4. The van der Waals surface area contributed by atoms with Gasteiger partial charge in [-0.3, -0.25) is 14.3 Å². The van der Waals surface area contributed by atoms with Crippen LogP contribution in [0.2, 0.25) is 0 Å². The van der Waals surface area contributed by atoms with Crippen molar-refractivity contribution >= 4 is 17.7 Å². The Bertz CT molecular complexity index is 790. The third kappa shape index (κ3) is 4.11. The van der Waals surface area contributed by atoms with Crippen LogP contribution in [0.25, 0.3) is 0 Å². The van der Waals surface area contributed by atoms with E-state index in [1.165, 1.54) is 18.1 Å². The third-order valence-corrected chi connectivity index (χ3v) is 3.48. The first-order chi connectivity index (χ1) is 11.4. The maximum Gasteiger partial charge on any atom is 0.329 e. The summed E-state index contributed by atoms with van der Waals surface area (Å²) in [4.78, 5) is 28.0. The summed E-state index contributed by atoms with van der Waals surface area (Å²) in [5.41, 5.74) is 0.943. The minimum absolute atomic E-state index is 0.148. The summed E-state index contributed by atoms with van der Waals surface area (Å²) in [6.07, 6.45) is 1.60. The number of aromatic amines is 1. The maximum atomic E-state index is 11.7. The van der Waals surface area contributed by atoms with Crippen molar-refractivity contribution in [2.45, 2.75) is 0 Å². The van der Waals surface area contributed by atoms with Crippen LogP contribution in [0, 0.1) is 0 Å². The van der Waals surface area contributed by atoms with Gasteiger partial charge in [0, 0.05) is 32.9 Å². The number of aliphatic hydroxyl groups excluding tert-OH is 1. The van der Waals surface area contributed by atoms with Gasteiger partial charge >= 0.3 is 5.69 Å². The standard InChI is InChI=1S/C16H21N5O3/c1-19(2)13-6-4-12(5-7-13)11-17-21(8-9-22)14-10-15(23)20(3)16(24)18-14/h4-7,10-11,22H,8-9H2,1-3H3,(H,18,24)/b17-11+. The Hall–Kier alpha value is -2.87. The van der Waals surface area contributed by atoms with Crippen molar-refractivity contribution in [1.29, 1.82) is 0 Å². The molecule has 8 nitrogen and oxygen atoms in total. The minimum atomic E-state index is -0.536. The molecule has 8 heteroatoms. The molecular weight excluding hydrogens is 310 g/mol. The van der Waals surface area contributed by atoms with Gasteiger partial charge in [0.25, 0.3) is 5.56 Å². The Morgan fingerprint density at radius 3 is 2.46 bits per heavy atom. The fraction of sp³-hybridized carbons (Fsp3) is 0.312. The number of rotatable bonds is 6. The largest absolute Gasteiger partial charge is 0.394 e. The lowest BCUT2D eigenvalue weighted by Gasteiger charge is -2.17. The smallest absolute Gasteiger partial charge is 0.329 e. The molecule has 128 valence electrons. The summed E-state index contributed by atoms with van der Waals surface area (Å²) in [5.74, 6) is 0.235. The van der Waals surface area contributed by atoms with Crippen LogP contribution >= 0.6 is 0 Å². The fourth-order valence-electron chi connectivity index (χ4n) is 2.01. The third-order valence-electron chi connectivity index (χ3n) is 3.48. The Kier molecular flexibility index (Phi) is 5.54. The molecule has 0 bridgehead atoms. The normalized spacial score (nSPS) is 11.0. The summed E-state index contributed by atoms with van der Waals surface area (Å²) in [7, 11) is 5.30. The molecule has 2 aromatic rings. The van der Waals surface area contributed by atoms with Gasteiger partial charge in [0.1, 0.15) is 5.82 Å². The van der Waals surface area contributed by atoms with E-state index in [0.29, 0.717) is 0 Å². The SMILES string of the molecule is CN(C)c1ccc(/C=N/N(CCO)c2cc(=O)n(C)c(=O)[nH]2)cc1. The lowest BCUT2D eigenvalue weighted by Crippen LogP contribution is -2.35. The van der Waals surface area contributed by atoms with E-state index in [4.69, 9.17) is 0 Å². The van der Waals surface area contributed by atoms with Crippen molar-refractivity contribution in [2.24, 2.45) is 12.1 Å². The van der Waals surface area contributed by atoms with E-state index in [1.807, 2.05) is 43.3 Å². The zero-order valence-corrected chi connectivity index (χ0v) is 13.9. The maximum absolute atomic E-state index is 11.7. The number of benzene rings is 1. The van der Waals surface area contributed by atoms with Gasteiger partial charge in [0.05, 0.1) is 19.4 Å². The van der Waals surface area contributed by atoms with Crippen LogP contribution in [0.5, 0.6) is 0 Å². The molecule has 24 heavy (non-hydrogen) atoms. The first-order valence-electron chi connectivity index (χ1n) is 7.42. The molecule has 1 aromatic carbocycles. The highest BCUT2D eigenvalue weighted by atomic mass is 16.3. The predicted octanol–water partition coefficient (Wildman–Crippen LogP) is -0.0276. The van der Waals surface area contributed by atoms with Crippen molar-refractivity contribution in [3.8, 4) is 0 Å². The molecule has 0 aliphatic heterocycles. The lowest BCUT2D eigenvalue weighted by atomic mass is 10.2. The number of hydrogen-bond acceptors (Lipinski definition) is 6. The Morgan fingerprint density at radius 2 is 1.92 bits per heavy atom. The molecule has 0 aliphatic carbocycles. The number of aliphatic hydroxyl groups is 1. The van der Waals surface area contributed by atoms with Crippen LogP contribution in [0.3, 0.4) is 0 Å². The highest BCUT2D eigenvalue weighted by molar-refractivity contribution is 5.81. The molecular formula is C16H21N5O3. The monoisotopic (exact) mass is 331 g/mol. The first kappa shape index (κ1) is 17.5. The van der Waals surface area contributed by atoms with Gasteiger partial charge in [-0.05, 0) is 17.7 Å². The predicted molar refractivity (Wildman–Crippen MR) is 95.1 cm³/mol. The number of aromatic nitrogens is 2. The van der Waals surface area contributed by atoms with Gasteiger partial charge in [-0.25, -0.2) is 9.80 Å². The number of H-pyrrole nitrogens is 1. The first-order valence-corrected chi connectivity index (χ1v) is 7.42. The second-order valence-corrected chi connectivity index (χ2v) is 5.43. The lowest BCUT2D eigenvalue weighted by molar-refractivity contribution is 0.302. The van der Waals surface area contributed by atoms with Crippen LogP contribution in [-0.4, -0.2) is 48.1 Å². The fourth-order valence-corrected chi connectivity index (χ4v) is 2.01. The molecule has 0 aliphatic rings. The Morgan fingerprint density at radius 1 is 1.25 bits per heavy atom. The second kappa shape index (κ2) is 7.60. The van der Waals surface area contributed by atoms with Crippen molar-refractivity contribution in [1.82, 2.24) is 9.55 Å². The van der Waals surface area contributed by atoms with Crippen LogP contribution in [0.1, 0.15) is 5.56 Å². The molecule has 0 atom stereocenters. The second-order valence-electron chi connectivity index (χ2n) is 5.43. The number of anilines is 2. The molecule has 1 aromatic heterocycles. The van der Waals surface area contributed by atoms with E-state index < -0.39 is 11.2 Å². The van der Waals surface area contributed by atoms with Crippen molar-refractivity contribution < 1.29 is 5.11 Å². The van der Waals surface area contributed by atoms with Gasteiger partial charge in [0.15, 0.2) is 0 Å². The summed E-state index contributed by atoms with van der Waals surface area (Å²) < 4.78 is 0.963. The van der Waals surface area contributed by atoms with Crippen LogP contribution in [0.15, 0.2) is 45.0 Å². The zero-order valence-electron chi connectivity index (χ0n) is 13.9. The van der Waals surface area contributed by atoms with Crippen molar-refractivity contribution in [2.75, 3.05) is 37.2 Å². The van der Waals surface area contributed by atoms with E-state index in [9.17, 15) is 14.7 Å². The summed E-state index contributed by atoms with van der Waals surface area (Å²) in [6.45, 7) is -0.0243. The van der Waals surface area contributed by atoms with E-state index in [-0.39, 0.29) is 19.0 Å². The topological polar surface area (TPSA) is 93.9 Å². The van der Waals surface area contributed by atoms with Gasteiger partial charge in [-0.2, -0.15) is 5.10 Å². The molecule has 0 radical (unpaired) electrons. The summed E-state index contributed by atoms with van der Waals surface area (Å²) >= 11 is 0. The van der Waals surface area contributed by atoms with Crippen LogP contribution in [-0.2, 0) is 7.05 Å². The Labute approximate surface area is 139 Å². The van der Waals surface area contributed by atoms with Gasteiger partial charge < -0.3 is 10.0 Å². The highest BCUT2D eigenvalue weighted by Gasteiger charge is 2.08. The van der Waals surface area contributed by atoms with E-state index in [1.54, 1.807) is 6.21 Å². The quantitative estimate of drug-likeness (QED) is 0.573. The molecule has 0 fully saturated rings.